The first-order valence-corrected chi connectivity index (χ1v) is 8.30. The molecule has 0 heterocycles. The van der Waals surface area contributed by atoms with Gasteiger partial charge in [-0.15, -0.1) is 0 Å². The van der Waals surface area contributed by atoms with Gasteiger partial charge in [0.25, 0.3) is 0 Å². The maximum absolute atomic E-state index is 9.90. The number of aliphatic hydroxyl groups excluding tert-OH is 5. The van der Waals surface area contributed by atoms with Crippen molar-refractivity contribution in [2.45, 2.75) is 24.4 Å². The fourth-order valence-corrected chi connectivity index (χ4v) is 2.14. The van der Waals surface area contributed by atoms with Crippen molar-refractivity contribution in [3.8, 4) is 11.1 Å². The van der Waals surface area contributed by atoms with Crippen molar-refractivity contribution in [1.82, 2.24) is 0 Å². The van der Waals surface area contributed by atoms with E-state index in [2.05, 4.69) is 10.9 Å². The van der Waals surface area contributed by atoms with E-state index in [0.29, 0.717) is 0 Å². The Morgan fingerprint density at radius 1 is 0.793 bits per heavy atom. The van der Waals surface area contributed by atoms with E-state index in [-0.39, 0.29) is 22.8 Å². The van der Waals surface area contributed by atoms with Crippen LogP contribution in [-0.2, 0) is 21.3 Å². The zero-order chi connectivity index (χ0) is 21.1. The average Bonchev–Trinajstić information content (AvgIpc) is 2.77. The number of benzene rings is 2. The summed E-state index contributed by atoms with van der Waals surface area (Å²) in [5.41, 5.74) is 9.26. The van der Waals surface area contributed by atoms with Gasteiger partial charge in [-0.25, -0.2) is 0 Å². The summed E-state index contributed by atoms with van der Waals surface area (Å²) in [6.45, 7) is -0.760. The third kappa shape index (κ3) is 8.44. The van der Waals surface area contributed by atoms with Gasteiger partial charge in [0.15, 0.2) is 6.29 Å². The van der Waals surface area contributed by atoms with Crippen molar-refractivity contribution in [3.05, 3.63) is 48.5 Å². The van der Waals surface area contributed by atoms with Gasteiger partial charge in [-0.2, -0.15) is 0 Å². The molecule has 10 nitrogen and oxygen atoms in total. The number of aliphatic hydroxyl groups is 5. The third-order valence-corrected chi connectivity index (χ3v) is 3.86. The van der Waals surface area contributed by atoms with Crippen LogP contribution in [0.3, 0.4) is 0 Å². The number of nitrogens with two attached hydrogens (primary N) is 2. The van der Waals surface area contributed by atoms with E-state index in [1.165, 1.54) is 0 Å². The topological polar surface area (TPSA) is 194 Å². The van der Waals surface area contributed by atoms with E-state index >= 15 is 0 Å². The van der Waals surface area contributed by atoms with E-state index in [4.69, 9.17) is 37.2 Å². The van der Waals surface area contributed by atoms with Gasteiger partial charge in [-0.1, -0.05) is 24.3 Å². The Hall–Kier alpha value is -2.08. The van der Waals surface area contributed by atoms with Gasteiger partial charge in [-0.05, 0) is 35.4 Å². The van der Waals surface area contributed by atoms with Gasteiger partial charge in [0, 0.05) is 27.9 Å². The van der Waals surface area contributed by atoms with Crippen molar-refractivity contribution >= 4 is 17.7 Å². The van der Waals surface area contributed by atoms with Crippen LogP contribution in [0.25, 0.3) is 11.1 Å². The van der Waals surface area contributed by atoms with Crippen molar-refractivity contribution in [2.24, 2.45) is 11.7 Å². The molecule has 0 fully saturated rings. The van der Waals surface area contributed by atoms with Crippen molar-refractivity contribution < 1.29 is 46.8 Å². The minimum absolute atomic E-state index is 0. The molecule has 0 saturated carbocycles. The Balaban J connectivity index is 0.000000547. The minimum Gasteiger partial charge on any atom is -0.394 e. The van der Waals surface area contributed by atoms with E-state index in [1.54, 1.807) is 0 Å². The fraction of sp³-hybridized carbons (Fsp3) is 0.278. The molecule has 0 aliphatic rings. The number of rotatable bonds is 8. The molecular formula is C18H26N4NiO6. The van der Waals surface area contributed by atoms with Crippen molar-refractivity contribution in [3.63, 3.8) is 0 Å². The third-order valence-electron chi connectivity index (χ3n) is 3.86. The SMILES string of the molecule is NNc1ccc(-c2ccc(NN)cc2)cc1.O=C[C@H](O)[C@@H](O)[C@H](O)[C@H](O)CO.[Ni]. The second kappa shape index (κ2) is 14.0. The van der Waals surface area contributed by atoms with E-state index in [1.807, 2.05) is 48.5 Å². The van der Waals surface area contributed by atoms with Crippen LogP contribution >= 0.6 is 0 Å². The Morgan fingerprint density at radius 3 is 1.45 bits per heavy atom. The summed E-state index contributed by atoms with van der Waals surface area (Å²) in [6.07, 6.45) is -6.84. The first-order valence-electron chi connectivity index (χ1n) is 8.30. The fourth-order valence-electron chi connectivity index (χ4n) is 2.14. The molecule has 4 atom stereocenters. The molecule has 11 N–H and O–H groups in total. The second-order valence-corrected chi connectivity index (χ2v) is 5.80. The van der Waals surface area contributed by atoms with Crippen LogP contribution in [0.1, 0.15) is 0 Å². The van der Waals surface area contributed by atoms with E-state index < -0.39 is 31.0 Å². The van der Waals surface area contributed by atoms with Crippen molar-refractivity contribution in [2.75, 3.05) is 17.5 Å². The Bertz CT molecular complexity index is 659. The molecule has 2 aromatic carbocycles. The van der Waals surface area contributed by atoms with Gasteiger partial charge >= 0.3 is 0 Å². The first kappa shape index (κ1) is 26.9. The summed E-state index contributed by atoms with van der Waals surface area (Å²) >= 11 is 0. The molecule has 0 bridgehead atoms. The molecule has 29 heavy (non-hydrogen) atoms. The number of hydrogen-bond acceptors (Lipinski definition) is 10. The zero-order valence-corrected chi connectivity index (χ0v) is 16.3. The molecule has 0 amide bonds. The summed E-state index contributed by atoms with van der Waals surface area (Å²) in [4.78, 5) is 9.90. The van der Waals surface area contributed by atoms with Crippen LogP contribution in [0.2, 0.25) is 0 Å². The molecule has 2 rings (SSSR count). The molecule has 0 aliphatic heterocycles. The predicted octanol–water partition coefficient (Wildman–Crippen LogP) is -1.46. The molecule has 11 heteroatoms. The number of nitrogens with one attached hydrogen (secondary N) is 2. The van der Waals surface area contributed by atoms with Gasteiger partial charge in [0.2, 0.25) is 0 Å². The Labute approximate surface area is 178 Å². The van der Waals surface area contributed by atoms with Gasteiger partial charge in [0.05, 0.1) is 6.61 Å². The number of carbonyl (C=O) groups is 1. The first-order chi connectivity index (χ1) is 13.4. The minimum atomic E-state index is -1.79. The Kier molecular flexibility index (Phi) is 13.0. The molecule has 2 aromatic rings. The summed E-state index contributed by atoms with van der Waals surface area (Å²) in [6, 6.07) is 15.8. The normalized spacial score (nSPS) is 14.2. The summed E-state index contributed by atoms with van der Waals surface area (Å²) in [5.74, 6) is 10.6. The number of aldehydes is 1. The molecule has 0 unspecified atom stereocenters. The average molecular weight is 453 g/mol. The number of nitrogen functional groups attached to an aromatic ring is 2. The van der Waals surface area contributed by atoms with Gasteiger partial charge < -0.3 is 41.2 Å². The summed E-state index contributed by atoms with van der Waals surface area (Å²) in [5, 5.41) is 43.5. The van der Waals surface area contributed by atoms with Crippen molar-refractivity contribution in [1.29, 1.82) is 0 Å². The smallest absolute Gasteiger partial charge is 0.151 e. The maximum atomic E-state index is 9.90. The zero-order valence-electron chi connectivity index (χ0n) is 15.3. The summed E-state index contributed by atoms with van der Waals surface area (Å²) in [7, 11) is 0. The molecule has 0 radical (unpaired) electrons. The number of carbonyl (C=O) groups excluding carboxylic acids is 1. The van der Waals surface area contributed by atoms with Crippen LogP contribution in [0, 0.1) is 0 Å². The predicted molar refractivity (Wildman–Crippen MR) is 105 cm³/mol. The summed E-state index contributed by atoms with van der Waals surface area (Å²) < 4.78 is 0. The maximum Gasteiger partial charge on any atom is 0.151 e. The van der Waals surface area contributed by atoms with Crippen LogP contribution in [0.5, 0.6) is 0 Å². The quantitative estimate of drug-likeness (QED) is 0.0987. The number of hydrazine groups is 2. The van der Waals surface area contributed by atoms with Crippen LogP contribution in [-0.4, -0.2) is 62.8 Å². The standard InChI is InChI=1S/C12H14N4.C6H12O6.Ni/c13-15-11-5-1-9(2-6-11)10-3-7-12(16-14)8-4-10;7-1-3(9)5(11)6(12)4(10)2-8;/h1-8,15-16H,13-14H2;1,3-6,8-12H,2H2;/t;3-,4+,5+,6+;/m.0./s1. The monoisotopic (exact) mass is 452 g/mol. The van der Waals surface area contributed by atoms with Crippen LogP contribution in [0.15, 0.2) is 48.5 Å². The molecule has 0 saturated heterocycles. The molecule has 0 aromatic heterocycles. The molecule has 0 aliphatic carbocycles. The Morgan fingerprint density at radius 2 is 1.17 bits per heavy atom. The van der Waals surface area contributed by atoms with Gasteiger partial charge in [-0.3, -0.25) is 11.7 Å². The second-order valence-electron chi connectivity index (χ2n) is 5.80. The van der Waals surface area contributed by atoms with E-state index in [0.717, 1.165) is 22.5 Å². The number of anilines is 2. The largest absolute Gasteiger partial charge is 0.394 e. The van der Waals surface area contributed by atoms with Gasteiger partial charge in [0.1, 0.15) is 24.4 Å². The van der Waals surface area contributed by atoms with Crippen LogP contribution < -0.4 is 22.5 Å². The van der Waals surface area contributed by atoms with E-state index in [9.17, 15) is 4.79 Å². The molecule has 0 spiro atoms. The molecular weight excluding hydrogens is 427 g/mol. The van der Waals surface area contributed by atoms with Crippen LogP contribution in [0.4, 0.5) is 11.4 Å². The molecule has 164 valence electrons. The number of hydrogen-bond donors (Lipinski definition) is 9.